The van der Waals surface area contributed by atoms with Gasteiger partial charge in [0.15, 0.2) is 11.6 Å². The van der Waals surface area contributed by atoms with Gasteiger partial charge in [-0.3, -0.25) is 0 Å². The van der Waals surface area contributed by atoms with Crippen LogP contribution in [0.15, 0.2) is 34.9 Å². The third-order valence-corrected chi connectivity index (χ3v) is 2.79. The highest BCUT2D eigenvalue weighted by Gasteiger charge is 2.09. The highest BCUT2D eigenvalue weighted by atomic mass is 79.9. The molecule has 17 heavy (non-hydrogen) atoms. The summed E-state index contributed by atoms with van der Waals surface area (Å²) in [4.78, 5) is 4.10. The van der Waals surface area contributed by atoms with Gasteiger partial charge in [0.25, 0.3) is 0 Å². The number of rotatable bonds is 2. The van der Waals surface area contributed by atoms with Crippen molar-refractivity contribution in [1.29, 1.82) is 0 Å². The summed E-state index contributed by atoms with van der Waals surface area (Å²) in [5.74, 6) is -1.36. The Labute approximate surface area is 106 Å². The number of aromatic nitrogens is 1. The minimum absolute atomic E-state index is 0.0575. The summed E-state index contributed by atoms with van der Waals surface area (Å²) in [6.45, 7) is 1.89. The number of anilines is 2. The normalized spacial score (nSPS) is 10.4. The van der Waals surface area contributed by atoms with E-state index in [1.54, 1.807) is 6.20 Å². The van der Waals surface area contributed by atoms with E-state index in [0.29, 0.717) is 10.3 Å². The molecule has 2 nitrogen and oxygen atoms in total. The van der Waals surface area contributed by atoms with Crippen molar-refractivity contribution in [3.63, 3.8) is 0 Å². The quantitative estimate of drug-likeness (QED) is 0.900. The predicted octanol–water partition coefficient (Wildman–Crippen LogP) is 4.17. The zero-order valence-electron chi connectivity index (χ0n) is 8.97. The Morgan fingerprint density at radius 3 is 2.76 bits per heavy atom. The van der Waals surface area contributed by atoms with Gasteiger partial charge in [-0.1, -0.05) is 6.07 Å². The van der Waals surface area contributed by atoms with E-state index in [-0.39, 0.29) is 5.69 Å². The van der Waals surface area contributed by atoms with Crippen LogP contribution in [-0.4, -0.2) is 4.98 Å². The van der Waals surface area contributed by atoms with Crippen molar-refractivity contribution < 1.29 is 8.78 Å². The molecule has 5 heteroatoms. The van der Waals surface area contributed by atoms with E-state index in [9.17, 15) is 8.78 Å². The lowest BCUT2D eigenvalue weighted by Crippen LogP contribution is -1.99. The Bertz CT molecular complexity index is 558. The average Bonchev–Trinajstić information content (AvgIpc) is 2.28. The maximum Gasteiger partial charge on any atom is 0.182 e. The Kier molecular flexibility index (Phi) is 3.38. The van der Waals surface area contributed by atoms with Crippen LogP contribution in [0.25, 0.3) is 0 Å². The number of hydrogen-bond acceptors (Lipinski definition) is 2. The fourth-order valence-electron chi connectivity index (χ4n) is 1.35. The van der Waals surface area contributed by atoms with Crippen molar-refractivity contribution in [2.75, 3.05) is 5.32 Å². The van der Waals surface area contributed by atoms with Crippen molar-refractivity contribution in [3.05, 3.63) is 52.1 Å². The van der Waals surface area contributed by atoms with Gasteiger partial charge in [-0.15, -0.1) is 0 Å². The van der Waals surface area contributed by atoms with Crippen LogP contribution in [0.4, 0.5) is 20.3 Å². The van der Waals surface area contributed by atoms with Gasteiger partial charge in [0.1, 0.15) is 5.82 Å². The largest absolute Gasteiger partial charge is 0.337 e. The summed E-state index contributed by atoms with van der Waals surface area (Å²) in [6, 6.07) is 5.79. The Morgan fingerprint density at radius 1 is 1.29 bits per heavy atom. The van der Waals surface area contributed by atoms with Crippen molar-refractivity contribution >= 4 is 27.4 Å². The first-order valence-corrected chi connectivity index (χ1v) is 5.70. The summed E-state index contributed by atoms with van der Waals surface area (Å²) < 4.78 is 27.1. The predicted molar refractivity (Wildman–Crippen MR) is 66.3 cm³/mol. The van der Waals surface area contributed by atoms with Crippen LogP contribution >= 0.6 is 15.9 Å². The van der Waals surface area contributed by atoms with Gasteiger partial charge in [-0.05, 0) is 46.6 Å². The summed E-state index contributed by atoms with van der Waals surface area (Å²) >= 11 is 3.31. The van der Waals surface area contributed by atoms with Crippen molar-refractivity contribution in [3.8, 4) is 0 Å². The molecule has 0 bridgehead atoms. The highest BCUT2D eigenvalue weighted by molar-refractivity contribution is 9.10. The molecule has 0 saturated heterocycles. The average molecular weight is 299 g/mol. The van der Waals surface area contributed by atoms with Crippen LogP contribution in [0, 0.1) is 18.6 Å². The Morgan fingerprint density at radius 2 is 2.06 bits per heavy atom. The fraction of sp³-hybridized carbons (Fsp3) is 0.0833. The molecular weight excluding hydrogens is 290 g/mol. The summed E-state index contributed by atoms with van der Waals surface area (Å²) in [7, 11) is 0. The Hall–Kier alpha value is -1.49. The van der Waals surface area contributed by atoms with E-state index < -0.39 is 11.6 Å². The maximum absolute atomic E-state index is 13.4. The molecule has 0 unspecified atom stereocenters. The van der Waals surface area contributed by atoms with E-state index in [1.165, 1.54) is 12.1 Å². The van der Waals surface area contributed by atoms with Crippen LogP contribution in [0.1, 0.15) is 5.56 Å². The van der Waals surface area contributed by atoms with Crippen LogP contribution in [0.5, 0.6) is 0 Å². The first kappa shape index (κ1) is 12.0. The molecule has 0 saturated carbocycles. The minimum Gasteiger partial charge on any atom is -0.337 e. The standard InChI is InChI=1S/C12H9BrF2N2/c1-7-5-8(13)12(16-6-7)17-10-4-2-3-9(14)11(10)15/h2-6H,1H3,(H,16,17). The van der Waals surface area contributed by atoms with Gasteiger partial charge < -0.3 is 5.32 Å². The van der Waals surface area contributed by atoms with Gasteiger partial charge in [-0.25, -0.2) is 13.8 Å². The Balaban J connectivity index is 2.35. The van der Waals surface area contributed by atoms with Crippen LogP contribution < -0.4 is 5.32 Å². The van der Waals surface area contributed by atoms with Crippen LogP contribution in [0.3, 0.4) is 0 Å². The molecule has 1 N–H and O–H groups in total. The van der Waals surface area contributed by atoms with Gasteiger partial charge in [0.05, 0.1) is 10.2 Å². The summed E-state index contributed by atoms with van der Waals surface area (Å²) in [5, 5.41) is 2.74. The van der Waals surface area contributed by atoms with Crippen LogP contribution in [0.2, 0.25) is 0 Å². The number of aryl methyl sites for hydroxylation is 1. The van der Waals surface area contributed by atoms with E-state index in [0.717, 1.165) is 11.6 Å². The zero-order chi connectivity index (χ0) is 12.4. The first-order valence-electron chi connectivity index (χ1n) is 4.91. The third kappa shape index (κ3) is 2.61. The van der Waals surface area contributed by atoms with Gasteiger partial charge in [-0.2, -0.15) is 0 Å². The van der Waals surface area contributed by atoms with E-state index in [2.05, 4.69) is 26.2 Å². The molecule has 0 atom stereocenters. The zero-order valence-corrected chi connectivity index (χ0v) is 10.6. The van der Waals surface area contributed by atoms with Crippen molar-refractivity contribution in [2.24, 2.45) is 0 Å². The molecule has 0 spiro atoms. The topological polar surface area (TPSA) is 24.9 Å². The molecule has 2 rings (SSSR count). The maximum atomic E-state index is 13.4. The summed E-state index contributed by atoms with van der Waals surface area (Å²) in [5.41, 5.74) is 1.03. The third-order valence-electron chi connectivity index (χ3n) is 2.18. The van der Waals surface area contributed by atoms with E-state index >= 15 is 0 Å². The molecule has 0 aliphatic heterocycles. The van der Waals surface area contributed by atoms with E-state index in [1.807, 2.05) is 13.0 Å². The van der Waals surface area contributed by atoms with Gasteiger partial charge >= 0.3 is 0 Å². The molecule has 0 aliphatic carbocycles. The minimum atomic E-state index is -0.915. The lowest BCUT2D eigenvalue weighted by atomic mass is 10.3. The number of hydrogen-bond donors (Lipinski definition) is 1. The molecule has 88 valence electrons. The number of nitrogens with one attached hydrogen (secondary N) is 1. The van der Waals surface area contributed by atoms with Gasteiger partial charge in [0.2, 0.25) is 0 Å². The second kappa shape index (κ2) is 4.79. The lowest BCUT2D eigenvalue weighted by molar-refractivity contribution is 0.511. The SMILES string of the molecule is Cc1cnc(Nc2cccc(F)c2F)c(Br)c1. The second-order valence-electron chi connectivity index (χ2n) is 3.57. The van der Waals surface area contributed by atoms with Crippen molar-refractivity contribution in [1.82, 2.24) is 4.98 Å². The molecule has 0 fully saturated rings. The summed E-state index contributed by atoms with van der Waals surface area (Å²) in [6.07, 6.45) is 1.64. The fourth-order valence-corrected chi connectivity index (χ4v) is 1.92. The lowest BCUT2D eigenvalue weighted by Gasteiger charge is -2.09. The number of halogens is 3. The molecule has 1 heterocycles. The second-order valence-corrected chi connectivity index (χ2v) is 4.42. The number of nitrogens with zero attached hydrogens (tertiary/aromatic N) is 1. The highest BCUT2D eigenvalue weighted by Crippen LogP contribution is 2.26. The molecule has 1 aromatic carbocycles. The van der Waals surface area contributed by atoms with E-state index in [4.69, 9.17) is 0 Å². The van der Waals surface area contributed by atoms with Gasteiger partial charge in [0, 0.05) is 6.20 Å². The number of benzene rings is 1. The van der Waals surface area contributed by atoms with Crippen LogP contribution in [-0.2, 0) is 0 Å². The monoisotopic (exact) mass is 298 g/mol. The number of pyridine rings is 1. The molecule has 1 aromatic heterocycles. The smallest absolute Gasteiger partial charge is 0.182 e. The molecule has 0 amide bonds. The molecule has 0 radical (unpaired) electrons. The molecular formula is C12H9BrF2N2. The first-order chi connectivity index (χ1) is 8.08. The molecule has 0 aliphatic rings. The van der Waals surface area contributed by atoms with Crippen molar-refractivity contribution in [2.45, 2.75) is 6.92 Å². The molecule has 2 aromatic rings.